The number of hydrogen-bond donors (Lipinski definition) is 0. The largest absolute Gasteiger partial charge is 0.378 e. The van der Waals surface area contributed by atoms with E-state index in [4.69, 9.17) is 0 Å². The van der Waals surface area contributed by atoms with E-state index in [1.54, 1.807) is 0 Å². The molecule has 0 N–H and O–H groups in total. The number of benzene rings is 2. The quantitative estimate of drug-likeness (QED) is 0.600. The van der Waals surface area contributed by atoms with Gasteiger partial charge in [-0.2, -0.15) is 0 Å². The highest BCUT2D eigenvalue weighted by Crippen LogP contribution is 2.22. The van der Waals surface area contributed by atoms with E-state index in [0.717, 1.165) is 11.3 Å². The average molecular weight is 331 g/mol. The molecular weight excluding hydrogens is 306 g/mol. The number of rotatable bonds is 4. The molecule has 1 aromatic heterocycles. The fourth-order valence-electron chi connectivity index (χ4n) is 2.99. The van der Waals surface area contributed by atoms with E-state index in [2.05, 4.69) is 91.8 Å². The molecule has 3 rings (SSSR count). The summed E-state index contributed by atoms with van der Waals surface area (Å²) < 4.78 is 2.27. The van der Waals surface area contributed by atoms with Crippen molar-refractivity contribution in [3.63, 3.8) is 0 Å². The van der Waals surface area contributed by atoms with E-state index in [1.165, 1.54) is 28.3 Å². The molecule has 0 radical (unpaired) electrons. The molecule has 2 aromatic carbocycles. The lowest BCUT2D eigenvalue weighted by Crippen LogP contribution is -2.08. The Bertz CT molecular complexity index is 882. The van der Waals surface area contributed by atoms with Crippen molar-refractivity contribution in [1.82, 2.24) is 4.57 Å². The minimum atomic E-state index is 0.978. The molecule has 0 aliphatic heterocycles. The van der Waals surface area contributed by atoms with Gasteiger partial charge in [0, 0.05) is 48.6 Å². The van der Waals surface area contributed by atoms with Crippen molar-refractivity contribution in [3.8, 4) is 5.69 Å². The normalized spacial score (nSPS) is 11.2. The van der Waals surface area contributed by atoms with Gasteiger partial charge in [0.25, 0.3) is 0 Å². The Hall–Kier alpha value is -2.81. The molecule has 0 atom stereocenters. The number of aromatic nitrogens is 1. The molecule has 0 aliphatic carbocycles. The second-order valence-corrected chi connectivity index (χ2v) is 6.67. The zero-order valence-electron chi connectivity index (χ0n) is 15.6. The van der Waals surface area contributed by atoms with Gasteiger partial charge in [0.2, 0.25) is 0 Å². The summed E-state index contributed by atoms with van der Waals surface area (Å²) in [7, 11) is 4.11. The van der Waals surface area contributed by atoms with Crippen LogP contribution in [0.25, 0.3) is 5.69 Å². The van der Waals surface area contributed by atoms with Crippen LogP contribution in [0.1, 0.15) is 22.5 Å². The van der Waals surface area contributed by atoms with Gasteiger partial charge in [0.1, 0.15) is 0 Å². The molecule has 25 heavy (non-hydrogen) atoms. The van der Waals surface area contributed by atoms with Crippen LogP contribution in [0, 0.1) is 20.8 Å². The van der Waals surface area contributed by atoms with E-state index < -0.39 is 0 Å². The van der Waals surface area contributed by atoms with Crippen molar-refractivity contribution in [2.75, 3.05) is 19.0 Å². The number of anilines is 1. The van der Waals surface area contributed by atoms with Crippen molar-refractivity contribution < 1.29 is 0 Å². The third-order valence-corrected chi connectivity index (χ3v) is 4.48. The van der Waals surface area contributed by atoms with Gasteiger partial charge in [-0.1, -0.05) is 17.7 Å². The second kappa shape index (κ2) is 6.98. The summed E-state index contributed by atoms with van der Waals surface area (Å²) in [6.07, 6.45) is 1.96. The summed E-state index contributed by atoms with van der Waals surface area (Å²) in [6.45, 7) is 6.36. The number of nitrogens with zero attached hydrogens (tertiary/aromatic N) is 3. The smallest absolute Gasteiger partial charge is 0.0630 e. The molecule has 0 unspecified atom stereocenters. The molecule has 0 spiro atoms. The maximum atomic E-state index is 4.62. The SMILES string of the molecule is Cc1ccc(N=Cc2cc(C)n(-c3ccc(N(C)C)cc3)c2C)cc1. The van der Waals surface area contributed by atoms with Crippen LogP contribution < -0.4 is 4.90 Å². The Kier molecular flexibility index (Phi) is 4.75. The standard InChI is InChI=1S/C22H25N3/c1-16-6-8-20(9-7-16)23-15-19-14-17(2)25(18(19)3)22-12-10-21(11-13-22)24(4)5/h6-15H,1-5H3. The zero-order valence-corrected chi connectivity index (χ0v) is 15.6. The van der Waals surface area contributed by atoms with E-state index in [9.17, 15) is 0 Å². The van der Waals surface area contributed by atoms with Crippen LogP contribution in [0.5, 0.6) is 0 Å². The molecule has 0 bridgehead atoms. The number of aliphatic imine (C=N–C) groups is 1. The van der Waals surface area contributed by atoms with Crippen LogP contribution >= 0.6 is 0 Å². The van der Waals surface area contributed by atoms with Gasteiger partial charge >= 0.3 is 0 Å². The Morgan fingerprint density at radius 2 is 1.52 bits per heavy atom. The lowest BCUT2D eigenvalue weighted by molar-refractivity contribution is 0.963. The Morgan fingerprint density at radius 3 is 2.12 bits per heavy atom. The van der Waals surface area contributed by atoms with Crippen LogP contribution in [-0.4, -0.2) is 24.9 Å². The fraction of sp³-hybridized carbons (Fsp3) is 0.227. The highest BCUT2D eigenvalue weighted by atomic mass is 15.1. The molecule has 3 heteroatoms. The van der Waals surface area contributed by atoms with E-state index in [1.807, 2.05) is 18.3 Å². The maximum absolute atomic E-state index is 4.62. The lowest BCUT2D eigenvalue weighted by Gasteiger charge is -2.14. The summed E-state index contributed by atoms with van der Waals surface area (Å²) in [6, 6.07) is 19.1. The molecule has 0 fully saturated rings. The van der Waals surface area contributed by atoms with Gasteiger partial charge in [-0.15, -0.1) is 0 Å². The van der Waals surface area contributed by atoms with Gasteiger partial charge in [0.05, 0.1) is 5.69 Å². The molecule has 0 saturated carbocycles. The first-order chi connectivity index (χ1) is 12.0. The van der Waals surface area contributed by atoms with Crippen LogP contribution in [0.4, 0.5) is 11.4 Å². The molecule has 0 saturated heterocycles. The monoisotopic (exact) mass is 331 g/mol. The van der Waals surface area contributed by atoms with Gasteiger partial charge in [0.15, 0.2) is 0 Å². The topological polar surface area (TPSA) is 20.5 Å². The highest BCUT2D eigenvalue weighted by molar-refractivity contribution is 5.84. The van der Waals surface area contributed by atoms with E-state index in [0.29, 0.717) is 0 Å². The summed E-state index contributed by atoms with van der Waals surface area (Å²) >= 11 is 0. The number of aryl methyl sites for hydroxylation is 2. The second-order valence-electron chi connectivity index (χ2n) is 6.67. The van der Waals surface area contributed by atoms with E-state index >= 15 is 0 Å². The predicted molar refractivity (Wildman–Crippen MR) is 108 cm³/mol. The van der Waals surface area contributed by atoms with Crippen LogP contribution in [-0.2, 0) is 0 Å². The molecule has 3 nitrogen and oxygen atoms in total. The van der Waals surface area contributed by atoms with Crippen LogP contribution in [0.15, 0.2) is 59.6 Å². The van der Waals surface area contributed by atoms with Gasteiger partial charge in [-0.25, -0.2) is 0 Å². The van der Waals surface area contributed by atoms with Crippen molar-refractivity contribution in [3.05, 3.63) is 77.1 Å². The van der Waals surface area contributed by atoms with E-state index in [-0.39, 0.29) is 0 Å². The minimum Gasteiger partial charge on any atom is -0.378 e. The third-order valence-electron chi connectivity index (χ3n) is 4.48. The maximum Gasteiger partial charge on any atom is 0.0630 e. The lowest BCUT2D eigenvalue weighted by atomic mass is 10.2. The zero-order chi connectivity index (χ0) is 18.0. The molecule has 0 amide bonds. The first-order valence-electron chi connectivity index (χ1n) is 8.53. The predicted octanol–water partition coefficient (Wildman–Crippen LogP) is 5.22. The van der Waals surface area contributed by atoms with Crippen molar-refractivity contribution in [1.29, 1.82) is 0 Å². The average Bonchev–Trinajstić information content (AvgIpc) is 2.88. The first-order valence-corrected chi connectivity index (χ1v) is 8.53. The third kappa shape index (κ3) is 3.66. The van der Waals surface area contributed by atoms with Gasteiger partial charge in [-0.05, 0) is 63.2 Å². The molecule has 128 valence electrons. The van der Waals surface area contributed by atoms with Crippen LogP contribution in [0.2, 0.25) is 0 Å². The van der Waals surface area contributed by atoms with Crippen molar-refractivity contribution in [2.24, 2.45) is 4.99 Å². The number of hydrogen-bond acceptors (Lipinski definition) is 2. The van der Waals surface area contributed by atoms with Gasteiger partial charge < -0.3 is 9.47 Å². The van der Waals surface area contributed by atoms with Gasteiger partial charge in [-0.3, -0.25) is 4.99 Å². The Labute approximate surface area is 150 Å². The fourth-order valence-corrected chi connectivity index (χ4v) is 2.99. The summed E-state index contributed by atoms with van der Waals surface area (Å²) in [5.41, 5.74) is 8.16. The Balaban J connectivity index is 1.91. The minimum absolute atomic E-state index is 0.978. The first kappa shape index (κ1) is 17.0. The molecule has 3 aromatic rings. The molecular formula is C22H25N3. The summed E-state index contributed by atoms with van der Waals surface area (Å²) in [5.74, 6) is 0. The van der Waals surface area contributed by atoms with Crippen molar-refractivity contribution >= 4 is 17.6 Å². The summed E-state index contributed by atoms with van der Waals surface area (Å²) in [5, 5.41) is 0. The molecule has 1 heterocycles. The van der Waals surface area contributed by atoms with Crippen molar-refractivity contribution in [2.45, 2.75) is 20.8 Å². The van der Waals surface area contributed by atoms with Crippen LogP contribution in [0.3, 0.4) is 0 Å². The highest BCUT2D eigenvalue weighted by Gasteiger charge is 2.09. The molecule has 0 aliphatic rings. The summed E-state index contributed by atoms with van der Waals surface area (Å²) in [4.78, 5) is 6.73. The Morgan fingerprint density at radius 1 is 0.880 bits per heavy atom.